The van der Waals surface area contributed by atoms with E-state index in [4.69, 9.17) is 10.0 Å². The summed E-state index contributed by atoms with van der Waals surface area (Å²) in [5.74, 6) is 0. The van der Waals surface area contributed by atoms with E-state index in [9.17, 15) is 17.1 Å². The van der Waals surface area contributed by atoms with Crippen molar-refractivity contribution in [1.29, 1.82) is 0 Å². The summed E-state index contributed by atoms with van der Waals surface area (Å²) in [5, 5.41) is 14.2. The van der Waals surface area contributed by atoms with Crippen LogP contribution >= 0.6 is 8.19 Å². The molecule has 0 saturated carbocycles. The van der Waals surface area contributed by atoms with Gasteiger partial charge in [0.25, 0.3) is 0 Å². The molecule has 0 heterocycles. The van der Waals surface area contributed by atoms with Crippen LogP contribution in [0.1, 0.15) is 26.3 Å². The first kappa shape index (κ1) is 18.3. The van der Waals surface area contributed by atoms with Crippen LogP contribution in [0.5, 0.6) is 0 Å². The van der Waals surface area contributed by atoms with Gasteiger partial charge in [-0.05, 0) is 0 Å². The fourth-order valence-corrected chi connectivity index (χ4v) is 1.70. The Balaban J connectivity index is 0.000000555. The molecule has 0 aliphatic heterocycles. The molecule has 19 heavy (non-hydrogen) atoms. The summed E-state index contributed by atoms with van der Waals surface area (Å²) in [7, 11) is -7.90. The van der Waals surface area contributed by atoms with Gasteiger partial charge >= 0.3 is 89.4 Å². The van der Waals surface area contributed by atoms with Gasteiger partial charge in [0.05, 0.1) is 0 Å². The van der Waals surface area contributed by atoms with E-state index in [-0.39, 0.29) is 5.41 Å². The molecule has 0 aromatic heterocycles. The quantitative estimate of drug-likeness (QED) is 0.502. The Morgan fingerprint density at radius 3 is 1.63 bits per heavy atom. The van der Waals surface area contributed by atoms with E-state index in [0.717, 1.165) is 5.56 Å². The molecule has 3 nitrogen and oxygen atoms in total. The largest absolute Gasteiger partial charge is 0.667 e. The second-order valence-corrected chi connectivity index (χ2v) is 6.31. The van der Waals surface area contributed by atoms with E-state index in [0.29, 0.717) is 0 Å². The minimum Gasteiger partial charge on any atom is -0.400 e. The van der Waals surface area contributed by atoms with E-state index in [1.807, 2.05) is 20.8 Å². The van der Waals surface area contributed by atoms with Gasteiger partial charge < -0.3 is 10.0 Å². The third-order valence-electron chi connectivity index (χ3n) is 2.16. The Labute approximate surface area is 110 Å². The van der Waals surface area contributed by atoms with Crippen molar-refractivity contribution in [3.8, 4) is 0 Å². The molecule has 0 atom stereocenters. The van der Waals surface area contributed by atoms with E-state index in [2.05, 4.69) is 4.86 Å². The van der Waals surface area contributed by atoms with Crippen molar-refractivity contribution >= 4 is 20.8 Å². The zero-order valence-electron chi connectivity index (χ0n) is 10.7. The monoisotopic (exact) mass is 302 g/mol. The SMILES string of the molecule is CC(C)(C)c1ccc([PH](F)(F)F)cc1.OB(O)OF. The number of hydrogen-bond acceptors (Lipinski definition) is 3. The number of rotatable bonds is 2. The molecule has 0 amide bonds. The normalized spacial score (nSPS) is 12.5. The molecule has 0 fully saturated rings. The summed E-state index contributed by atoms with van der Waals surface area (Å²) in [5.41, 5.74) is 0.839. The summed E-state index contributed by atoms with van der Waals surface area (Å²) in [6, 6.07) is 5.51. The molecular formula is C10H16BF4O3P. The Kier molecular flexibility index (Phi) is 6.93. The fraction of sp³-hybridized carbons (Fsp3) is 0.400. The molecule has 0 bridgehead atoms. The summed E-state index contributed by atoms with van der Waals surface area (Å²) >= 11 is 0. The Morgan fingerprint density at radius 1 is 1.05 bits per heavy atom. The summed E-state index contributed by atoms with van der Waals surface area (Å²) in [4.78, 5) is 2.36. The molecule has 0 radical (unpaired) electrons. The van der Waals surface area contributed by atoms with Crippen LogP contribution in [0.3, 0.4) is 0 Å². The van der Waals surface area contributed by atoms with E-state index >= 15 is 0 Å². The van der Waals surface area contributed by atoms with Gasteiger partial charge in [-0.2, -0.15) is 4.86 Å². The van der Waals surface area contributed by atoms with Crippen molar-refractivity contribution in [2.24, 2.45) is 0 Å². The molecule has 1 rings (SSSR count). The molecule has 1 aromatic carbocycles. The maximum Gasteiger partial charge on any atom is 0.667 e. The predicted octanol–water partition coefficient (Wildman–Crippen LogP) is 2.87. The van der Waals surface area contributed by atoms with E-state index in [1.165, 1.54) is 12.1 Å². The van der Waals surface area contributed by atoms with Crippen LogP contribution in [0.25, 0.3) is 0 Å². The maximum atomic E-state index is 12.4. The van der Waals surface area contributed by atoms with Crippen molar-refractivity contribution in [3.05, 3.63) is 29.8 Å². The van der Waals surface area contributed by atoms with Crippen LogP contribution in [0, 0.1) is 0 Å². The molecule has 2 N–H and O–H groups in total. The topological polar surface area (TPSA) is 49.7 Å². The van der Waals surface area contributed by atoms with Gasteiger partial charge in [-0.15, -0.1) is 0 Å². The molecule has 0 saturated heterocycles. The van der Waals surface area contributed by atoms with Gasteiger partial charge in [0.2, 0.25) is 0 Å². The van der Waals surface area contributed by atoms with Gasteiger partial charge in [-0.25, -0.2) is 0 Å². The second kappa shape index (κ2) is 7.19. The van der Waals surface area contributed by atoms with Gasteiger partial charge in [0.15, 0.2) is 0 Å². The maximum absolute atomic E-state index is 12.4. The Hall–Kier alpha value is -0.685. The smallest absolute Gasteiger partial charge is 0.400 e. The van der Waals surface area contributed by atoms with Crippen molar-refractivity contribution in [3.63, 3.8) is 0 Å². The molecule has 9 heteroatoms. The Bertz CT molecular complexity index is 343. The van der Waals surface area contributed by atoms with Crippen LogP contribution in [-0.2, 0) is 10.3 Å². The van der Waals surface area contributed by atoms with Gasteiger partial charge in [0, 0.05) is 0 Å². The number of hydrogen-bond donors (Lipinski definition) is 2. The molecule has 0 unspecified atom stereocenters. The van der Waals surface area contributed by atoms with Crippen LogP contribution in [-0.4, -0.2) is 17.4 Å². The third kappa shape index (κ3) is 7.47. The van der Waals surface area contributed by atoms with Crippen LogP contribution in [0.4, 0.5) is 17.1 Å². The van der Waals surface area contributed by atoms with Crippen molar-refractivity contribution < 1.29 is 32.0 Å². The van der Waals surface area contributed by atoms with Crippen molar-refractivity contribution in [1.82, 2.24) is 0 Å². The minimum absolute atomic E-state index is 0.0916. The molecule has 1 aromatic rings. The first-order valence-corrected chi connectivity index (χ1v) is 6.93. The van der Waals surface area contributed by atoms with Gasteiger partial charge in [-0.1, -0.05) is 4.53 Å². The number of halogens is 4. The van der Waals surface area contributed by atoms with Gasteiger partial charge in [0.1, 0.15) is 0 Å². The van der Waals surface area contributed by atoms with Crippen LogP contribution in [0.15, 0.2) is 24.3 Å². The predicted molar refractivity (Wildman–Crippen MR) is 68.8 cm³/mol. The first-order chi connectivity index (χ1) is 8.48. The standard InChI is InChI=1S/C10H14F3P.BFH2O3/c1-10(2,3)8-4-6-9(7-5-8)14(11,12)13;2-5-1(3)4/h4-7,14H,1-3H3;3-4H. The van der Waals surface area contributed by atoms with Crippen LogP contribution < -0.4 is 5.30 Å². The summed E-state index contributed by atoms with van der Waals surface area (Å²) in [6.45, 7) is 5.94. The van der Waals surface area contributed by atoms with Crippen molar-refractivity contribution in [2.75, 3.05) is 0 Å². The average molecular weight is 302 g/mol. The average Bonchev–Trinajstić information content (AvgIpc) is 2.27. The fourth-order valence-electron chi connectivity index (χ4n) is 1.16. The molecule has 0 aliphatic rings. The second-order valence-electron chi connectivity index (χ2n) is 4.74. The zero-order valence-corrected chi connectivity index (χ0v) is 11.7. The van der Waals surface area contributed by atoms with E-state index in [1.54, 1.807) is 12.1 Å². The first-order valence-electron chi connectivity index (χ1n) is 5.29. The van der Waals surface area contributed by atoms with Crippen LogP contribution in [0.2, 0.25) is 0 Å². The minimum atomic E-state index is -5.62. The molecule has 0 spiro atoms. The Morgan fingerprint density at radius 2 is 1.42 bits per heavy atom. The van der Waals surface area contributed by atoms with Gasteiger partial charge in [-0.3, -0.25) is 0 Å². The third-order valence-corrected chi connectivity index (χ3v) is 3.15. The molecule has 0 aliphatic carbocycles. The zero-order chi connectivity index (χ0) is 15.3. The summed E-state index contributed by atoms with van der Waals surface area (Å²) in [6.07, 6.45) is 0. The molecular weight excluding hydrogens is 286 g/mol. The van der Waals surface area contributed by atoms with Crippen molar-refractivity contribution in [2.45, 2.75) is 26.2 Å². The number of benzene rings is 1. The summed E-state index contributed by atoms with van der Waals surface area (Å²) < 4.78 is 47.2. The van der Waals surface area contributed by atoms with E-state index < -0.39 is 20.8 Å². The molecule has 110 valence electrons.